The molecule has 72 valence electrons. The molecule has 13 heavy (non-hydrogen) atoms. The lowest BCUT2D eigenvalue weighted by atomic mass is 10.2. The zero-order valence-electron chi connectivity index (χ0n) is 6.89. The summed E-state index contributed by atoms with van der Waals surface area (Å²) in [6, 6.07) is 4.17. The van der Waals surface area contributed by atoms with E-state index in [0.717, 1.165) is 0 Å². The van der Waals surface area contributed by atoms with Crippen LogP contribution >= 0.6 is 0 Å². The van der Waals surface area contributed by atoms with Crippen LogP contribution in [0.25, 0.3) is 0 Å². The maximum Gasteiger partial charge on any atom is 0.323 e. The first kappa shape index (κ1) is 9.97. The van der Waals surface area contributed by atoms with Gasteiger partial charge >= 0.3 is 10.1 Å². The third kappa shape index (κ3) is 1.97. The Bertz CT molecular complexity index is 413. The first-order chi connectivity index (χ1) is 5.97. The molecule has 0 aliphatic rings. The molecule has 0 aromatic heterocycles. The van der Waals surface area contributed by atoms with E-state index in [4.69, 9.17) is 11.0 Å². The van der Waals surface area contributed by atoms with Gasteiger partial charge in [0.25, 0.3) is 0 Å². The van der Waals surface area contributed by atoms with Crippen LogP contribution in [0.5, 0.6) is 0 Å². The number of benzene rings is 1. The molecule has 0 unspecified atom stereocenters. The summed E-state index contributed by atoms with van der Waals surface area (Å²) in [4.78, 5) is -0.0933. The highest BCUT2D eigenvalue weighted by Crippen LogP contribution is 2.18. The average Bonchev–Trinajstić information content (AvgIpc) is 2.03. The number of anilines is 1. The quantitative estimate of drug-likeness (QED) is 0.420. The van der Waals surface area contributed by atoms with Crippen molar-refractivity contribution in [2.75, 3.05) is 5.73 Å². The molecule has 0 heterocycles. The first-order valence-corrected chi connectivity index (χ1v) is 4.82. The van der Waals surface area contributed by atoms with Crippen molar-refractivity contribution >= 4 is 15.8 Å². The first-order valence-electron chi connectivity index (χ1n) is 3.41. The highest BCUT2D eigenvalue weighted by atomic mass is 32.2. The van der Waals surface area contributed by atoms with Crippen LogP contribution in [0.1, 0.15) is 5.56 Å². The maximum atomic E-state index is 11.0. The molecule has 0 saturated carbocycles. The molecule has 1 aromatic rings. The minimum atomic E-state index is -4.05. The molecule has 5 nitrogen and oxygen atoms in total. The molecule has 0 saturated heterocycles. The molecule has 0 radical (unpaired) electrons. The van der Waals surface area contributed by atoms with E-state index in [1.807, 2.05) is 0 Å². The minimum Gasteiger partial charge on any atom is -0.399 e. The number of aryl methyl sites for hydroxylation is 1. The Labute approximate surface area is 75.8 Å². The maximum absolute atomic E-state index is 11.0. The van der Waals surface area contributed by atoms with E-state index in [9.17, 15) is 8.42 Å². The molecular weight excluding hydrogens is 194 g/mol. The van der Waals surface area contributed by atoms with E-state index >= 15 is 0 Å². The highest BCUT2D eigenvalue weighted by Gasteiger charge is 2.17. The van der Waals surface area contributed by atoms with Gasteiger partial charge in [-0.1, -0.05) is 0 Å². The van der Waals surface area contributed by atoms with E-state index in [1.165, 1.54) is 18.2 Å². The van der Waals surface area contributed by atoms with Crippen LogP contribution in [0.3, 0.4) is 0 Å². The molecule has 0 aliphatic heterocycles. The molecule has 3 N–H and O–H groups in total. The second kappa shape index (κ2) is 3.33. The molecule has 0 aliphatic carbocycles. The average molecular weight is 203 g/mol. The number of rotatable bonds is 2. The van der Waals surface area contributed by atoms with Crippen LogP contribution in [0, 0.1) is 6.92 Å². The monoisotopic (exact) mass is 203 g/mol. The fraction of sp³-hybridized carbons (Fsp3) is 0.143. The molecule has 0 fully saturated rings. The summed E-state index contributed by atoms with van der Waals surface area (Å²) in [5, 5.41) is 8.12. The molecule has 0 bridgehead atoms. The van der Waals surface area contributed by atoms with E-state index in [0.29, 0.717) is 11.3 Å². The summed E-state index contributed by atoms with van der Waals surface area (Å²) in [6.45, 7) is 1.56. The van der Waals surface area contributed by atoms with Gasteiger partial charge < -0.3 is 5.73 Å². The van der Waals surface area contributed by atoms with Crippen molar-refractivity contribution in [2.45, 2.75) is 11.8 Å². The van der Waals surface area contributed by atoms with Crippen LogP contribution in [-0.2, 0) is 14.5 Å². The summed E-state index contributed by atoms with van der Waals surface area (Å²) >= 11 is 0. The smallest absolute Gasteiger partial charge is 0.323 e. The minimum absolute atomic E-state index is 0.0933. The second-order valence-electron chi connectivity index (χ2n) is 2.55. The fourth-order valence-electron chi connectivity index (χ4n) is 0.993. The van der Waals surface area contributed by atoms with Crippen LogP contribution in [0.4, 0.5) is 5.69 Å². The molecule has 6 heteroatoms. The van der Waals surface area contributed by atoms with E-state index in [1.54, 1.807) is 6.92 Å². The van der Waals surface area contributed by atoms with Gasteiger partial charge in [0.1, 0.15) is 0 Å². The third-order valence-electron chi connectivity index (χ3n) is 1.57. The van der Waals surface area contributed by atoms with Crippen molar-refractivity contribution in [2.24, 2.45) is 0 Å². The summed E-state index contributed by atoms with van der Waals surface area (Å²) in [6.07, 6.45) is 0. The van der Waals surface area contributed by atoms with Gasteiger partial charge in [-0.25, -0.2) is 5.26 Å². The van der Waals surface area contributed by atoms with Gasteiger partial charge in [-0.3, -0.25) is 0 Å². The summed E-state index contributed by atoms with van der Waals surface area (Å²) in [5.74, 6) is 0. The van der Waals surface area contributed by atoms with Gasteiger partial charge in [0.15, 0.2) is 0 Å². The largest absolute Gasteiger partial charge is 0.399 e. The molecule has 0 spiro atoms. The highest BCUT2D eigenvalue weighted by molar-refractivity contribution is 7.86. The Kier molecular flexibility index (Phi) is 2.55. The van der Waals surface area contributed by atoms with Crippen molar-refractivity contribution in [1.82, 2.24) is 0 Å². The number of hydrogen-bond donors (Lipinski definition) is 2. The summed E-state index contributed by atoms with van der Waals surface area (Å²) in [7, 11) is -4.05. The molecule has 1 rings (SSSR count). The zero-order chi connectivity index (χ0) is 10.1. The Morgan fingerprint density at radius 3 is 2.54 bits per heavy atom. The molecule has 0 amide bonds. The fourth-order valence-corrected chi connectivity index (χ4v) is 1.76. The standard InChI is InChI=1S/C7H9NO4S/c1-5-4-6(8)2-3-7(5)13(10,11)12-9/h2-4,9H,8H2,1H3. The lowest BCUT2D eigenvalue weighted by molar-refractivity contribution is -0.130. The zero-order valence-corrected chi connectivity index (χ0v) is 7.71. The van der Waals surface area contributed by atoms with Crippen LogP contribution in [0.2, 0.25) is 0 Å². The van der Waals surface area contributed by atoms with Gasteiger partial charge in [0.2, 0.25) is 0 Å². The van der Waals surface area contributed by atoms with Gasteiger partial charge in [-0.05, 0) is 30.7 Å². The lowest BCUT2D eigenvalue weighted by Crippen LogP contribution is -2.05. The molecule has 0 atom stereocenters. The van der Waals surface area contributed by atoms with Crippen LogP contribution < -0.4 is 5.73 Å². The van der Waals surface area contributed by atoms with Crippen molar-refractivity contribution in [3.8, 4) is 0 Å². The van der Waals surface area contributed by atoms with Crippen LogP contribution in [-0.4, -0.2) is 13.7 Å². The number of nitrogen functional groups attached to an aromatic ring is 1. The second-order valence-corrected chi connectivity index (χ2v) is 4.05. The summed E-state index contributed by atoms with van der Waals surface area (Å²) < 4.78 is 25.4. The normalized spacial score (nSPS) is 11.5. The number of nitrogens with two attached hydrogens (primary N) is 1. The van der Waals surface area contributed by atoms with Crippen molar-refractivity contribution < 1.29 is 18.0 Å². The Morgan fingerprint density at radius 1 is 1.46 bits per heavy atom. The topological polar surface area (TPSA) is 89.6 Å². The molecule has 1 aromatic carbocycles. The van der Waals surface area contributed by atoms with Crippen molar-refractivity contribution in [3.63, 3.8) is 0 Å². The van der Waals surface area contributed by atoms with Gasteiger partial charge in [-0.15, -0.1) is 4.33 Å². The van der Waals surface area contributed by atoms with Crippen molar-refractivity contribution in [1.29, 1.82) is 0 Å². The number of hydrogen-bond acceptors (Lipinski definition) is 5. The third-order valence-corrected chi connectivity index (χ3v) is 2.76. The van der Waals surface area contributed by atoms with Gasteiger partial charge in [0, 0.05) is 5.69 Å². The Morgan fingerprint density at radius 2 is 2.08 bits per heavy atom. The SMILES string of the molecule is Cc1cc(N)ccc1S(=O)(=O)OO. The molecular formula is C7H9NO4S. The van der Waals surface area contributed by atoms with E-state index in [-0.39, 0.29) is 4.90 Å². The predicted molar refractivity (Wildman–Crippen MR) is 46.5 cm³/mol. The van der Waals surface area contributed by atoms with Crippen LogP contribution in [0.15, 0.2) is 23.1 Å². The van der Waals surface area contributed by atoms with Crippen molar-refractivity contribution in [3.05, 3.63) is 23.8 Å². The Hall–Kier alpha value is -1.11. The van der Waals surface area contributed by atoms with Gasteiger partial charge in [0.05, 0.1) is 4.90 Å². The van der Waals surface area contributed by atoms with E-state index in [2.05, 4.69) is 4.33 Å². The summed E-state index contributed by atoms with van der Waals surface area (Å²) in [5.41, 5.74) is 6.29. The predicted octanol–water partition coefficient (Wildman–Crippen LogP) is 0.756. The van der Waals surface area contributed by atoms with Gasteiger partial charge in [-0.2, -0.15) is 8.42 Å². The lowest BCUT2D eigenvalue weighted by Gasteiger charge is -2.03. The van der Waals surface area contributed by atoms with E-state index < -0.39 is 10.1 Å². The Balaban J connectivity index is 3.33.